The zero-order valence-electron chi connectivity index (χ0n) is 18.9. The average Bonchev–Trinajstić information content (AvgIpc) is 3.53. The van der Waals surface area contributed by atoms with Gasteiger partial charge in [-0.15, -0.1) is 0 Å². The van der Waals surface area contributed by atoms with Crippen molar-refractivity contribution in [3.8, 4) is 0 Å². The molecule has 4 rings (SSSR count). The van der Waals surface area contributed by atoms with E-state index in [9.17, 15) is 14.4 Å². The zero-order chi connectivity index (χ0) is 24.8. The number of esters is 2. The summed E-state index contributed by atoms with van der Waals surface area (Å²) in [5.41, 5.74) is 1.12. The number of urea groups is 1. The first-order valence-electron chi connectivity index (χ1n) is 10.6. The molecule has 3 aromatic rings. The molecule has 1 aliphatic heterocycles. The molecule has 0 radical (unpaired) electrons. The third-order valence-electron chi connectivity index (χ3n) is 4.85. The first kappa shape index (κ1) is 24.1. The molecule has 0 saturated heterocycles. The molecular formula is C23H22N4O7S. The van der Waals surface area contributed by atoms with Crippen LogP contribution in [0.15, 0.2) is 68.0 Å². The Morgan fingerprint density at radius 1 is 1.20 bits per heavy atom. The molecular weight excluding hydrogens is 476 g/mol. The van der Waals surface area contributed by atoms with Crippen LogP contribution in [-0.4, -0.2) is 41.3 Å². The molecule has 182 valence electrons. The Morgan fingerprint density at radius 2 is 2.06 bits per heavy atom. The number of nitrogens with one attached hydrogen (secondary N) is 2. The van der Waals surface area contributed by atoms with Gasteiger partial charge in [0, 0.05) is 18.0 Å². The standard InChI is InChI=1S/C23H22N4O7S/c1-3-31-22(29)18-16(25-23(30)26-19(18)17-7-5-9-32-17)11-33-21(28)15-6-4-8-24-20(15)35-12-14-10-13(2)34-27-14/h4-10,19H,3,11-12H2,1-2H3,(H2,25,26,30). The van der Waals surface area contributed by atoms with E-state index in [1.807, 2.05) is 0 Å². The van der Waals surface area contributed by atoms with E-state index in [1.165, 1.54) is 18.0 Å². The van der Waals surface area contributed by atoms with Gasteiger partial charge in [0.05, 0.1) is 35.4 Å². The second kappa shape index (κ2) is 10.9. The number of hydrogen-bond donors (Lipinski definition) is 2. The van der Waals surface area contributed by atoms with Gasteiger partial charge in [0.2, 0.25) is 0 Å². The van der Waals surface area contributed by atoms with Gasteiger partial charge < -0.3 is 29.0 Å². The molecule has 1 aliphatic rings. The summed E-state index contributed by atoms with van der Waals surface area (Å²) in [5, 5.41) is 9.55. The van der Waals surface area contributed by atoms with Crippen LogP contribution < -0.4 is 10.6 Å². The number of amides is 2. The van der Waals surface area contributed by atoms with Gasteiger partial charge in [0.25, 0.3) is 0 Å². The molecule has 1 unspecified atom stereocenters. The van der Waals surface area contributed by atoms with Gasteiger partial charge >= 0.3 is 18.0 Å². The van der Waals surface area contributed by atoms with Gasteiger partial charge in [-0.25, -0.2) is 19.4 Å². The Kier molecular flexibility index (Phi) is 7.51. The van der Waals surface area contributed by atoms with Gasteiger partial charge in [0.1, 0.15) is 29.2 Å². The second-order valence-electron chi connectivity index (χ2n) is 7.31. The Balaban J connectivity index is 1.54. The molecule has 0 bridgehead atoms. The van der Waals surface area contributed by atoms with Crippen molar-refractivity contribution in [2.24, 2.45) is 0 Å². The Hall–Kier alpha value is -4.06. The third kappa shape index (κ3) is 5.72. The molecule has 35 heavy (non-hydrogen) atoms. The van der Waals surface area contributed by atoms with E-state index in [1.54, 1.807) is 50.4 Å². The predicted octanol–water partition coefficient (Wildman–Crippen LogP) is 3.29. The van der Waals surface area contributed by atoms with Crippen molar-refractivity contribution >= 4 is 29.7 Å². The first-order valence-corrected chi connectivity index (χ1v) is 11.6. The van der Waals surface area contributed by atoms with Gasteiger partial charge in [-0.2, -0.15) is 0 Å². The van der Waals surface area contributed by atoms with Crippen LogP contribution in [0.3, 0.4) is 0 Å². The van der Waals surface area contributed by atoms with E-state index in [4.69, 9.17) is 18.4 Å². The molecule has 0 aliphatic carbocycles. The highest BCUT2D eigenvalue weighted by molar-refractivity contribution is 7.98. The van der Waals surface area contributed by atoms with Gasteiger partial charge in [-0.05, 0) is 38.1 Å². The van der Waals surface area contributed by atoms with Crippen LogP contribution >= 0.6 is 11.8 Å². The van der Waals surface area contributed by atoms with Gasteiger partial charge in [-0.1, -0.05) is 16.9 Å². The number of thioether (sulfide) groups is 1. The normalized spacial score (nSPS) is 15.4. The summed E-state index contributed by atoms with van der Waals surface area (Å²) in [6, 6.07) is 6.77. The van der Waals surface area contributed by atoms with Crippen LogP contribution in [0.25, 0.3) is 0 Å². The number of furan rings is 1. The number of hydrogen-bond acceptors (Lipinski definition) is 10. The molecule has 0 saturated carbocycles. The molecule has 0 aromatic carbocycles. The number of ether oxygens (including phenoxy) is 2. The summed E-state index contributed by atoms with van der Waals surface area (Å²) >= 11 is 1.30. The quantitative estimate of drug-likeness (QED) is 0.333. The van der Waals surface area contributed by atoms with E-state index in [0.29, 0.717) is 28.0 Å². The number of carbonyl (C=O) groups excluding carboxylic acids is 3. The van der Waals surface area contributed by atoms with Crippen molar-refractivity contribution in [3.05, 3.63) is 76.8 Å². The summed E-state index contributed by atoms with van der Waals surface area (Å²) in [6.07, 6.45) is 2.99. The molecule has 2 amide bonds. The predicted molar refractivity (Wildman–Crippen MR) is 122 cm³/mol. The van der Waals surface area contributed by atoms with Crippen LogP contribution in [0.2, 0.25) is 0 Å². The maximum absolute atomic E-state index is 12.9. The van der Waals surface area contributed by atoms with Crippen molar-refractivity contribution < 1.29 is 32.8 Å². The molecule has 2 N–H and O–H groups in total. The molecule has 1 atom stereocenters. The van der Waals surface area contributed by atoms with Crippen LogP contribution in [-0.2, 0) is 20.0 Å². The maximum Gasteiger partial charge on any atom is 0.341 e. The summed E-state index contributed by atoms with van der Waals surface area (Å²) in [4.78, 5) is 42.2. The average molecular weight is 499 g/mol. The lowest BCUT2D eigenvalue weighted by molar-refractivity contribution is -0.139. The molecule has 11 nitrogen and oxygen atoms in total. The number of carbonyl (C=O) groups is 3. The van der Waals surface area contributed by atoms with E-state index in [0.717, 1.165) is 0 Å². The monoisotopic (exact) mass is 498 g/mol. The number of aryl methyl sites for hydroxylation is 1. The van der Waals surface area contributed by atoms with Crippen LogP contribution in [0.4, 0.5) is 4.79 Å². The van der Waals surface area contributed by atoms with Crippen LogP contribution in [0, 0.1) is 6.92 Å². The minimum absolute atomic E-state index is 0.0800. The summed E-state index contributed by atoms with van der Waals surface area (Å²) in [7, 11) is 0. The Morgan fingerprint density at radius 3 is 2.77 bits per heavy atom. The number of aromatic nitrogens is 2. The highest BCUT2D eigenvalue weighted by Crippen LogP contribution is 2.29. The zero-order valence-corrected chi connectivity index (χ0v) is 19.7. The smallest absolute Gasteiger partial charge is 0.341 e. The fraction of sp³-hybridized carbons (Fsp3) is 0.261. The van der Waals surface area contributed by atoms with Crippen molar-refractivity contribution in [2.75, 3.05) is 13.2 Å². The minimum Gasteiger partial charge on any atom is -0.467 e. The lowest BCUT2D eigenvalue weighted by atomic mass is 10.0. The number of nitrogens with zero attached hydrogens (tertiary/aromatic N) is 2. The minimum atomic E-state index is -0.901. The maximum atomic E-state index is 12.9. The van der Waals surface area contributed by atoms with Gasteiger partial charge in [-0.3, -0.25) is 0 Å². The number of pyridine rings is 1. The van der Waals surface area contributed by atoms with E-state index in [2.05, 4.69) is 20.8 Å². The topological polar surface area (TPSA) is 146 Å². The van der Waals surface area contributed by atoms with E-state index >= 15 is 0 Å². The fourth-order valence-electron chi connectivity index (χ4n) is 3.36. The molecule has 12 heteroatoms. The summed E-state index contributed by atoms with van der Waals surface area (Å²) < 4.78 is 21.1. The SMILES string of the molecule is CCOC(=O)C1=C(COC(=O)c2cccnc2SCc2cc(C)on2)NC(=O)NC1c1ccco1. The summed E-state index contributed by atoms with van der Waals surface area (Å²) in [5.74, 6) is 0.117. The van der Waals surface area contributed by atoms with Gasteiger partial charge in [0.15, 0.2) is 0 Å². The molecule has 0 spiro atoms. The Bertz CT molecular complexity index is 1250. The summed E-state index contributed by atoms with van der Waals surface area (Å²) in [6.45, 7) is 3.20. The van der Waals surface area contributed by atoms with Crippen LogP contribution in [0.1, 0.15) is 40.5 Å². The fourth-order valence-corrected chi connectivity index (χ4v) is 4.22. The van der Waals surface area contributed by atoms with Crippen molar-refractivity contribution in [1.29, 1.82) is 0 Å². The molecule has 0 fully saturated rings. The van der Waals surface area contributed by atoms with E-state index < -0.39 is 24.0 Å². The first-order chi connectivity index (χ1) is 17.0. The highest BCUT2D eigenvalue weighted by atomic mass is 32.2. The lowest BCUT2D eigenvalue weighted by Gasteiger charge is -2.27. The number of rotatable bonds is 9. The van der Waals surface area contributed by atoms with Crippen molar-refractivity contribution in [2.45, 2.75) is 30.7 Å². The van der Waals surface area contributed by atoms with E-state index in [-0.39, 0.29) is 30.0 Å². The van der Waals surface area contributed by atoms with Crippen LogP contribution in [0.5, 0.6) is 0 Å². The highest BCUT2D eigenvalue weighted by Gasteiger charge is 2.35. The third-order valence-corrected chi connectivity index (χ3v) is 5.89. The lowest BCUT2D eigenvalue weighted by Crippen LogP contribution is -2.47. The van der Waals surface area contributed by atoms with Crippen molar-refractivity contribution in [3.63, 3.8) is 0 Å². The molecule has 3 aromatic heterocycles. The van der Waals surface area contributed by atoms with Crippen molar-refractivity contribution in [1.82, 2.24) is 20.8 Å². The second-order valence-corrected chi connectivity index (χ2v) is 8.27. The molecule has 4 heterocycles. The largest absolute Gasteiger partial charge is 0.467 e. The Labute approximate surface area is 204 Å².